The summed E-state index contributed by atoms with van der Waals surface area (Å²) in [6, 6.07) is 47.9. The first-order valence-corrected chi connectivity index (χ1v) is 19.5. The number of nitrogens with zero attached hydrogens (tertiary/aromatic N) is 1. The molecule has 1 aliphatic heterocycles. The van der Waals surface area contributed by atoms with Crippen LogP contribution in [0.25, 0.3) is 57.8 Å². The van der Waals surface area contributed by atoms with E-state index in [0.717, 1.165) is 50.9 Å². The molecule has 9 aromatic rings. The summed E-state index contributed by atoms with van der Waals surface area (Å²) in [4.78, 5) is 6.71. The van der Waals surface area contributed by atoms with Gasteiger partial charge in [0.15, 0.2) is 0 Å². The Hall–Kier alpha value is -5.53. The molecule has 0 spiro atoms. The summed E-state index contributed by atoms with van der Waals surface area (Å²) in [5.41, 5.74) is 9.31. The second-order valence-electron chi connectivity index (χ2n) is 14.0. The number of hydrogen-bond acceptors (Lipinski definition) is 6. The number of fused-ring (bicyclic) bond motifs is 9. The Balaban J connectivity index is 0.999. The van der Waals surface area contributed by atoms with E-state index < -0.39 is 0 Å². The third-order valence-electron chi connectivity index (χ3n) is 10.7. The van der Waals surface area contributed by atoms with Crippen molar-refractivity contribution >= 4 is 86.3 Å². The number of thiophene rings is 2. The van der Waals surface area contributed by atoms with Crippen LogP contribution in [0.1, 0.15) is 51.9 Å². The van der Waals surface area contributed by atoms with Crippen molar-refractivity contribution in [3.05, 3.63) is 172 Å². The number of rotatable bonds is 4. The van der Waals surface area contributed by atoms with Gasteiger partial charge in [-0.05, 0) is 70.3 Å². The van der Waals surface area contributed by atoms with Crippen molar-refractivity contribution in [1.29, 1.82) is 0 Å². The number of nitrogens with one attached hydrogen (secondary N) is 2. The van der Waals surface area contributed by atoms with Gasteiger partial charge in [0.25, 0.3) is 0 Å². The molecule has 3 unspecified atom stereocenters. The molecular weight excluding hydrogens is 675 g/mol. The molecule has 2 aliphatic rings. The average molecular weight is 708 g/mol. The van der Waals surface area contributed by atoms with Crippen molar-refractivity contribution < 1.29 is 4.42 Å². The molecule has 6 heteroatoms. The molecule has 0 saturated heterocycles. The minimum Gasteiger partial charge on any atom is -0.456 e. The molecule has 4 heterocycles. The zero-order valence-electron chi connectivity index (χ0n) is 28.4. The Bertz CT molecular complexity index is 2930. The molecule has 1 aliphatic carbocycles. The van der Waals surface area contributed by atoms with Gasteiger partial charge in [0.1, 0.15) is 29.3 Å². The van der Waals surface area contributed by atoms with E-state index in [2.05, 4.69) is 139 Å². The quantitative estimate of drug-likeness (QED) is 0.191. The Morgan fingerprint density at radius 2 is 1.42 bits per heavy atom. The number of amidine groups is 1. The van der Waals surface area contributed by atoms with Gasteiger partial charge < -0.3 is 9.73 Å². The molecule has 0 saturated carbocycles. The van der Waals surface area contributed by atoms with Crippen LogP contribution in [0.4, 0.5) is 0 Å². The van der Waals surface area contributed by atoms with Crippen molar-refractivity contribution in [1.82, 2.24) is 10.6 Å². The van der Waals surface area contributed by atoms with Crippen LogP contribution in [-0.2, 0) is 6.42 Å². The maximum atomic E-state index is 6.28. The van der Waals surface area contributed by atoms with Crippen LogP contribution in [0.3, 0.4) is 0 Å². The van der Waals surface area contributed by atoms with Crippen molar-refractivity contribution in [2.45, 2.75) is 25.7 Å². The molecule has 0 bridgehead atoms. The van der Waals surface area contributed by atoms with Gasteiger partial charge in [-0.15, -0.1) is 22.7 Å². The minimum atomic E-state index is -0.250. The molecule has 3 atom stereocenters. The average Bonchev–Trinajstić information content (AvgIpc) is 3.88. The van der Waals surface area contributed by atoms with Crippen LogP contribution >= 0.6 is 22.7 Å². The van der Waals surface area contributed by atoms with Crippen molar-refractivity contribution in [3.8, 4) is 0 Å². The van der Waals surface area contributed by atoms with Crippen LogP contribution in [0.15, 0.2) is 149 Å². The van der Waals surface area contributed by atoms with Gasteiger partial charge in [-0.3, -0.25) is 5.32 Å². The zero-order valence-corrected chi connectivity index (χ0v) is 30.0. The predicted octanol–water partition coefficient (Wildman–Crippen LogP) is 12.1. The molecule has 52 heavy (non-hydrogen) atoms. The fourth-order valence-corrected chi connectivity index (χ4v) is 10.8. The van der Waals surface area contributed by atoms with Gasteiger partial charge in [0, 0.05) is 51.6 Å². The first-order chi connectivity index (χ1) is 25.6. The standard InChI is InChI=1S/C46H33N3OS2/c1-26-22-35(43-36(23-26)30-12-6-8-17-39(30)52-43)28-18-20-31-32-21-19-29(25-41(32)51-40(31)24-28)45-47-44(27-10-3-2-4-11-27)48-46(49-45)34-14-9-16-38-42(34)33-13-5-7-15-37(33)50-38/h2-22,24-26,45-46,49H,23H2,1H3,(H,47,48). The first-order valence-electron chi connectivity index (χ1n) is 17.9. The van der Waals surface area contributed by atoms with E-state index in [1.165, 1.54) is 51.8 Å². The maximum Gasteiger partial charge on any atom is 0.135 e. The second kappa shape index (κ2) is 11.8. The lowest BCUT2D eigenvalue weighted by atomic mass is 9.86. The third kappa shape index (κ3) is 4.79. The molecule has 4 nitrogen and oxygen atoms in total. The number of furan rings is 1. The largest absolute Gasteiger partial charge is 0.456 e. The van der Waals surface area contributed by atoms with Gasteiger partial charge in [-0.1, -0.05) is 116 Å². The van der Waals surface area contributed by atoms with Gasteiger partial charge in [-0.25, -0.2) is 4.99 Å². The van der Waals surface area contributed by atoms with Gasteiger partial charge in [0.05, 0.1) is 0 Å². The smallest absolute Gasteiger partial charge is 0.135 e. The lowest BCUT2D eigenvalue weighted by Crippen LogP contribution is -2.45. The normalized spacial score (nSPS) is 18.9. The van der Waals surface area contributed by atoms with Crippen LogP contribution in [0.2, 0.25) is 0 Å². The van der Waals surface area contributed by atoms with E-state index in [1.807, 2.05) is 40.9 Å². The highest BCUT2D eigenvalue weighted by atomic mass is 32.1. The van der Waals surface area contributed by atoms with Crippen LogP contribution in [0.5, 0.6) is 0 Å². The Morgan fingerprint density at radius 1 is 0.654 bits per heavy atom. The van der Waals surface area contributed by atoms with Crippen molar-refractivity contribution in [2.24, 2.45) is 10.9 Å². The SMILES string of the molecule is CC1C=C(c2ccc3c(c2)sc2cc(C4N=C(c5ccccc5)NC(c5cccc6oc7ccccc7c56)N4)ccc23)c2sc3ccccc3c2C1. The number of benzene rings is 6. The summed E-state index contributed by atoms with van der Waals surface area (Å²) < 4.78 is 10.2. The molecule has 0 amide bonds. The van der Waals surface area contributed by atoms with E-state index in [1.54, 1.807) is 0 Å². The topological polar surface area (TPSA) is 49.6 Å². The minimum absolute atomic E-state index is 0.187. The number of aliphatic imine (C=N–C) groups is 1. The van der Waals surface area contributed by atoms with E-state index >= 15 is 0 Å². The monoisotopic (exact) mass is 707 g/mol. The molecule has 0 radical (unpaired) electrons. The van der Waals surface area contributed by atoms with Crippen molar-refractivity contribution in [3.63, 3.8) is 0 Å². The third-order valence-corrected chi connectivity index (χ3v) is 13.1. The molecule has 2 N–H and O–H groups in total. The Labute approximate surface area is 308 Å². The predicted molar refractivity (Wildman–Crippen MR) is 220 cm³/mol. The highest BCUT2D eigenvalue weighted by Crippen LogP contribution is 2.45. The van der Waals surface area contributed by atoms with E-state index in [4.69, 9.17) is 9.41 Å². The Kier molecular flexibility index (Phi) is 6.81. The number of para-hydroxylation sites is 1. The highest BCUT2D eigenvalue weighted by molar-refractivity contribution is 7.25. The molecule has 6 aromatic carbocycles. The Morgan fingerprint density at radius 3 is 2.33 bits per heavy atom. The first kappa shape index (κ1) is 30.1. The fourth-order valence-electron chi connectivity index (χ4n) is 8.29. The molecule has 3 aromatic heterocycles. The van der Waals surface area contributed by atoms with E-state index in [0.29, 0.717) is 5.92 Å². The summed E-state index contributed by atoms with van der Waals surface area (Å²) in [6.45, 7) is 2.34. The molecule has 0 fully saturated rings. The second-order valence-corrected chi connectivity index (χ2v) is 16.2. The maximum absolute atomic E-state index is 6.28. The van der Waals surface area contributed by atoms with Crippen LogP contribution in [0, 0.1) is 5.92 Å². The highest BCUT2D eigenvalue weighted by Gasteiger charge is 2.28. The summed E-state index contributed by atoms with van der Waals surface area (Å²) >= 11 is 3.81. The van der Waals surface area contributed by atoms with E-state index in [-0.39, 0.29) is 12.3 Å². The summed E-state index contributed by atoms with van der Waals surface area (Å²) in [5.74, 6) is 1.37. The van der Waals surface area contributed by atoms with Gasteiger partial charge in [-0.2, -0.15) is 0 Å². The zero-order chi connectivity index (χ0) is 34.3. The number of allylic oxidation sites excluding steroid dienone is 1. The van der Waals surface area contributed by atoms with Crippen LogP contribution in [-0.4, -0.2) is 5.84 Å². The summed E-state index contributed by atoms with van der Waals surface area (Å²) in [7, 11) is 0. The summed E-state index contributed by atoms with van der Waals surface area (Å²) in [5, 5.41) is 13.9. The number of hydrogen-bond donors (Lipinski definition) is 2. The molecular formula is C46H33N3OS2. The van der Waals surface area contributed by atoms with Crippen molar-refractivity contribution in [2.75, 3.05) is 0 Å². The lowest BCUT2D eigenvalue weighted by molar-refractivity contribution is 0.411. The molecule has 250 valence electrons. The van der Waals surface area contributed by atoms with Gasteiger partial charge >= 0.3 is 0 Å². The van der Waals surface area contributed by atoms with E-state index in [9.17, 15) is 0 Å². The summed E-state index contributed by atoms with van der Waals surface area (Å²) in [6.07, 6.45) is 3.15. The fraction of sp³-hybridized carbons (Fsp3) is 0.109. The lowest BCUT2D eigenvalue weighted by Gasteiger charge is -2.32. The van der Waals surface area contributed by atoms with Crippen LogP contribution < -0.4 is 10.6 Å². The van der Waals surface area contributed by atoms with Gasteiger partial charge in [0.2, 0.25) is 0 Å². The molecule has 11 rings (SSSR count).